The molecule has 0 spiro atoms. The van der Waals surface area contributed by atoms with Crippen molar-refractivity contribution in [2.24, 2.45) is 0 Å². The monoisotopic (exact) mass is 365 g/mol. The Kier molecular flexibility index (Phi) is 6.10. The lowest BCUT2D eigenvalue weighted by Crippen LogP contribution is -2.40. The van der Waals surface area contributed by atoms with E-state index in [2.05, 4.69) is 15.6 Å². The second-order valence-corrected chi connectivity index (χ2v) is 6.13. The van der Waals surface area contributed by atoms with Crippen LogP contribution in [-0.4, -0.2) is 29.9 Å². The van der Waals surface area contributed by atoms with Crippen LogP contribution in [0, 0.1) is 0 Å². The Morgan fingerprint density at radius 2 is 1.74 bits per heavy atom. The topological polar surface area (TPSA) is 83.2 Å². The lowest BCUT2D eigenvalue weighted by Gasteiger charge is -2.08. The maximum Gasteiger partial charge on any atom is 0.309 e. The number of fused-ring (bicyclic) bond motifs is 1. The largest absolute Gasteiger partial charge is 0.494 e. The molecule has 0 saturated heterocycles. The van der Waals surface area contributed by atoms with Crippen molar-refractivity contribution >= 4 is 22.7 Å². The van der Waals surface area contributed by atoms with Crippen LogP contribution in [-0.2, 0) is 22.6 Å². The van der Waals surface area contributed by atoms with Crippen molar-refractivity contribution in [1.82, 2.24) is 15.6 Å². The van der Waals surface area contributed by atoms with Crippen LogP contribution < -0.4 is 15.4 Å². The van der Waals surface area contributed by atoms with Crippen molar-refractivity contribution in [3.63, 3.8) is 0 Å². The van der Waals surface area contributed by atoms with Crippen LogP contribution in [0.3, 0.4) is 0 Å². The van der Waals surface area contributed by atoms with Gasteiger partial charge in [0.1, 0.15) is 5.75 Å². The Labute approximate surface area is 157 Å². The van der Waals surface area contributed by atoms with Gasteiger partial charge in [0, 0.05) is 30.2 Å². The molecule has 1 heterocycles. The number of hydrogen-bond acceptors (Lipinski definition) is 3. The fraction of sp³-hybridized carbons (Fsp3) is 0.238. The average molecular weight is 365 g/mol. The zero-order valence-electron chi connectivity index (χ0n) is 15.2. The van der Waals surface area contributed by atoms with Crippen LogP contribution >= 0.6 is 0 Å². The van der Waals surface area contributed by atoms with E-state index in [1.165, 1.54) is 0 Å². The first kappa shape index (κ1) is 18.5. The Balaban J connectivity index is 1.43. The van der Waals surface area contributed by atoms with Crippen LogP contribution in [0.2, 0.25) is 0 Å². The van der Waals surface area contributed by atoms with Gasteiger partial charge in [-0.2, -0.15) is 0 Å². The predicted octanol–water partition coefficient (Wildman–Crippen LogP) is 2.54. The van der Waals surface area contributed by atoms with Crippen LogP contribution in [0.1, 0.15) is 18.1 Å². The summed E-state index contributed by atoms with van der Waals surface area (Å²) < 4.78 is 5.37. The first-order valence-electron chi connectivity index (χ1n) is 9.00. The second kappa shape index (κ2) is 8.89. The molecular weight excluding hydrogens is 342 g/mol. The third kappa shape index (κ3) is 4.88. The van der Waals surface area contributed by atoms with E-state index in [1.807, 2.05) is 61.7 Å². The van der Waals surface area contributed by atoms with E-state index in [-0.39, 0.29) is 0 Å². The van der Waals surface area contributed by atoms with Gasteiger partial charge >= 0.3 is 11.8 Å². The number of rotatable bonds is 7. The summed E-state index contributed by atoms with van der Waals surface area (Å²) in [7, 11) is 0. The summed E-state index contributed by atoms with van der Waals surface area (Å²) in [6, 6.07) is 15.4. The quantitative estimate of drug-likeness (QED) is 0.563. The molecule has 0 aliphatic heterocycles. The maximum absolute atomic E-state index is 11.9. The molecule has 6 heteroatoms. The molecule has 0 aliphatic carbocycles. The van der Waals surface area contributed by atoms with E-state index in [0.29, 0.717) is 26.1 Å². The summed E-state index contributed by atoms with van der Waals surface area (Å²) in [5, 5.41) is 6.42. The minimum Gasteiger partial charge on any atom is -0.494 e. The van der Waals surface area contributed by atoms with E-state index >= 15 is 0 Å². The molecule has 0 saturated carbocycles. The molecule has 2 amide bonds. The van der Waals surface area contributed by atoms with Crippen molar-refractivity contribution in [3.05, 3.63) is 65.9 Å². The lowest BCUT2D eigenvalue weighted by atomic mass is 10.1. The Bertz CT molecular complexity index is 916. The van der Waals surface area contributed by atoms with E-state index in [0.717, 1.165) is 27.8 Å². The van der Waals surface area contributed by atoms with Gasteiger partial charge in [-0.05, 0) is 42.7 Å². The highest BCUT2D eigenvalue weighted by molar-refractivity contribution is 6.35. The van der Waals surface area contributed by atoms with Gasteiger partial charge in [0.2, 0.25) is 0 Å². The molecule has 0 unspecified atom stereocenters. The van der Waals surface area contributed by atoms with Crippen molar-refractivity contribution in [3.8, 4) is 5.75 Å². The third-order valence-corrected chi connectivity index (χ3v) is 4.25. The summed E-state index contributed by atoms with van der Waals surface area (Å²) in [5.74, 6) is -0.480. The molecular formula is C21H23N3O3. The standard InChI is InChI=1S/C21H23N3O3/c1-2-27-17-9-7-15(8-10-17)13-24-21(26)20(25)22-12-11-16-14-23-19-6-4-3-5-18(16)19/h3-10,14,23H,2,11-13H2,1H3,(H,22,25)(H,24,26). The molecule has 3 N–H and O–H groups in total. The normalized spacial score (nSPS) is 10.6. The smallest absolute Gasteiger partial charge is 0.309 e. The number of para-hydroxylation sites is 1. The van der Waals surface area contributed by atoms with Gasteiger partial charge in [-0.25, -0.2) is 0 Å². The highest BCUT2D eigenvalue weighted by Gasteiger charge is 2.13. The molecule has 140 valence electrons. The van der Waals surface area contributed by atoms with Gasteiger partial charge < -0.3 is 20.4 Å². The number of ether oxygens (including phenoxy) is 1. The van der Waals surface area contributed by atoms with E-state index in [9.17, 15) is 9.59 Å². The van der Waals surface area contributed by atoms with Crippen molar-refractivity contribution in [1.29, 1.82) is 0 Å². The summed E-state index contributed by atoms with van der Waals surface area (Å²) in [4.78, 5) is 27.1. The molecule has 6 nitrogen and oxygen atoms in total. The molecule has 0 bridgehead atoms. The fourth-order valence-electron chi connectivity index (χ4n) is 2.86. The van der Waals surface area contributed by atoms with Crippen LogP contribution in [0.4, 0.5) is 0 Å². The number of benzene rings is 2. The summed E-state index contributed by atoms with van der Waals surface area (Å²) >= 11 is 0. The second-order valence-electron chi connectivity index (χ2n) is 6.13. The minimum absolute atomic E-state index is 0.293. The number of H-pyrrole nitrogens is 1. The number of carbonyl (C=O) groups excluding carboxylic acids is 2. The van der Waals surface area contributed by atoms with Gasteiger partial charge in [0.05, 0.1) is 6.61 Å². The minimum atomic E-state index is -0.636. The van der Waals surface area contributed by atoms with Gasteiger partial charge in [-0.3, -0.25) is 9.59 Å². The van der Waals surface area contributed by atoms with Gasteiger partial charge in [0.25, 0.3) is 0 Å². The van der Waals surface area contributed by atoms with Gasteiger partial charge in [-0.1, -0.05) is 30.3 Å². The van der Waals surface area contributed by atoms with Crippen molar-refractivity contribution in [2.75, 3.05) is 13.2 Å². The molecule has 1 aromatic heterocycles. The molecule has 0 fully saturated rings. The Morgan fingerprint density at radius 3 is 2.52 bits per heavy atom. The molecule has 27 heavy (non-hydrogen) atoms. The molecule has 3 rings (SSSR count). The average Bonchev–Trinajstić information content (AvgIpc) is 3.10. The van der Waals surface area contributed by atoms with Crippen molar-refractivity contribution < 1.29 is 14.3 Å². The van der Waals surface area contributed by atoms with Gasteiger partial charge in [-0.15, -0.1) is 0 Å². The lowest BCUT2D eigenvalue weighted by molar-refractivity contribution is -0.139. The summed E-state index contributed by atoms with van der Waals surface area (Å²) in [6.45, 7) is 3.22. The molecule has 2 aromatic carbocycles. The fourth-order valence-corrected chi connectivity index (χ4v) is 2.86. The van der Waals surface area contributed by atoms with Crippen LogP contribution in [0.25, 0.3) is 10.9 Å². The maximum atomic E-state index is 11.9. The summed E-state index contributed by atoms with van der Waals surface area (Å²) in [6.07, 6.45) is 2.59. The molecule has 0 aliphatic rings. The third-order valence-electron chi connectivity index (χ3n) is 4.25. The number of hydrogen-bond donors (Lipinski definition) is 3. The zero-order chi connectivity index (χ0) is 19.1. The Hall–Kier alpha value is -3.28. The van der Waals surface area contributed by atoms with E-state index in [1.54, 1.807) is 0 Å². The van der Waals surface area contributed by atoms with E-state index < -0.39 is 11.8 Å². The number of aromatic amines is 1. The highest BCUT2D eigenvalue weighted by atomic mass is 16.5. The number of nitrogens with one attached hydrogen (secondary N) is 3. The van der Waals surface area contributed by atoms with Gasteiger partial charge in [0.15, 0.2) is 0 Å². The van der Waals surface area contributed by atoms with Crippen molar-refractivity contribution in [2.45, 2.75) is 19.9 Å². The molecule has 0 atom stereocenters. The first-order chi connectivity index (χ1) is 13.2. The summed E-state index contributed by atoms with van der Waals surface area (Å²) in [5.41, 5.74) is 3.08. The predicted molar refractivity (Wildman–Crippen MR) is 104 cm³/mol. The zero-order valence-corrected chi connectivity index (χ0v) is 15.2. The number of amides is 2. The Morgan fingerprint density at radius 1 is 1.00 bits per heavy atom. The SMILES string of the molecule is CCOc1ccc(CNC(=O)C(=O)NCCc2c[nH]c3ccccc23)cc1. The molecule has 3 aromatic rings. The highest BCUT2D eigenvalue weighted by Crippen LogP contribution is 2.17. The number of carbonyl (C=O) groups is 2. The molecule has 0 radical (unpaired) electrons. The first-order valence-corrected chi connectivity index (χ1v) is 9.00. The number of aromatic nitrogens is 1. The van der Waals surface area contributed by atoms with Crippen LogP contribution in [0.5, 0.6) is 5.75 Å². The van der Waals surface area contributed by atoms with E-state index in [4.69, 9.17) is 4.74 Å². The van der Waals surface area contributed by atoms with Crippen LogP contribution in [0.15, 0.2) is 54.7 Å².